The molecule has 2 N–H and O–H groups in total. The number of carbonyl (C=O) groups is 1. The van der Waals surface area contributed by atoms with E-state index in [1.807, 2.05) is 0 Å². The molecule has 0 saturated carbocycles. The van der Waals surface area contributed by atoms with Crippen molar-refractivity contribution in [3.8, 4) is 5.75 Å². The van der Waals surface area contributed by atoms with Crippen LogP contribution >= 0.6 is 0 Å². The number of nitrogens with zero attached hydrogens (tertiary/aromatic N) is 1. The highest BCUT2D eigenvalue weighted by Crippen LogP contribution is 2.37. The van der Waals surface area contributed by atoms with E-state index in [9.17, 15) is 13.2 Å². The van der Waals surface area contributed by atoms with Crippen molar-refractivity contribution in [1.82, 2.24) is 4.31 Å². The topological polar surface area (TPSA) is 98.9 Å². The minimum absolute atomic E-state index is 0.0593. The lowest BCUT2D eigenvalue weighted by atomic mass is 9.94. The molecule has 1 amide bonds. The van der Waals surface area contributed by atoms with E-state index < -0.39 is 21.5 Å². The number of hydrogen-bond acceptors (Lipinski definition) is 5. The quantitative estimate of drug-likeness (QED) is 0.788. The van der Waals surface area contributed by atoms with Gasteiger partial charge >= 0.3 is 0 Å². The average molecular weight is 342 g/mol. The van der Waals surface area contributed by atoms with Crippen molar-refractivity contribution in [2.24, 2.45) is 5.73 Å². The van der Waals surface area contributed by atoms with Crippen LogP contribution in [-0.2, 0) is 19.6 Å². The molecule has 1 unspecified atom stereocenters. The van der Waals surface area contributed by atoms with Crippen molar-refractivity contribution >= 4 is 15.9 Å². The van der Waals surface area contributed by atoms with E-state index in [1.54, 1.807) is 12.1 Å². The van der Waals surface area contributed by atoms with E-state index in [0.717, 1.165) is 0 Å². The van der Waals surface area contributed by atoms with Crippen molar-refractivity contribution < 1.29 is 22.7 Å². The third-order valence-electron chi connectivity index (χ3n) is 4.10. The van der Waals surface area contributed by atoms with Gasteiger partial charge in [0, 0.05) is 20.1 Å². The van der Waals surface area contributed by atoms with Crippen LogP contribution in [0, 0.1) is 0 Å². The number of rotatable bonds is 7. The van der Waals surface area contributed by atoms with E-state index in [-0.39, 0.29) is 17.9 Å². The molecule has 1 fully saturated rings. The van der Waals surface area contributed by atoms with Gasteiger partial charge in [-0.2, -0.15) is 4.31 Å². The number of nitrogens with two attached hydrogens (primary N) is 1. The summed E-state index contributed by atoms with van der Waals surface area (Å²) >= 11 is 0. The lowest BCUT2D eigenvalue weighted by molar-refractivity contribution is -0.120. The zero-order chi connectivity index (χ0) is 17.1. The average Bonchev–Trinajstić information content (AvgIpc) is 2.91. The zero-order valence-corrected chi connectivity index (χ0v) is 14.1. The van der Waals surface area contributed by atoms with Crippen LogP contribution < -0.4 is 10.5 Å². The summed E-state index contributed by atoms with van der Waals surface area (Å²) in [5.41, 5.74) is 4.42. The van der Waals surface area contributed by atoms with E-state index >= 15 is 0 Å². The molecule has 1 aliphatic heterocycles. The molecule has 0 aliphatic carbocycles. The summed E-state index contributed by atoms with van der Waals surface area (Å²) in [5, 5.41) is 0. The largest absolute Gasteiger partial charge is 0.497 e. The predicted octanol–water partition coefficient (Wildman–Crippen LogP) is 0.740. The Labute approximate surface area is 136 Å². The first-order chi connectivity index (χ1) is 10.9. The van der Waals surface area contributed by atoms with E-state index in [4.69, 9.17) is 15.2 Å². The summed E-state index contributed by atoms with van der Waals surface area (Å²) in [5.74, 6) is 0.0320. The van der Waals surface area contributed by atoms with E-state index in [0.29, 0.717) is 25.1 Å². The summed E-state index contributed by atoms with van der Waals surface area (Å²) in [6, 6.07) is 6.17. The second-order valence-corrected chi connectivity index (χ2v) is 7.52. The first-order valence-electron chi connectivity index (χ1n) is 7.30. The summed E-state index contributed by atoms with van der Waals surface area (Å²) in [6.07, 6.45) is 1.14. The molecule has 0 spiro atoms. The highest BCUT2D eigenvalue weighted by atomic mass is 32.2. The molecular weight excluding hydrogens is 320 g/mol. The summed E-state index contributed by atoms with van der Waals surface area (Å²) in [6.45, 7) is 0.469. The molecule has 1 heterocycles. The van der Waals surface area contributed by atoms with Crippen molar-refractivity contribution in [2.45, 2.75) is 29.7 Å². The van der Waals surface area contributed by atoms with Crippen LogP contribution in [0.5, 0.6) is 5.75 Å². The number of sulfonamides is 1. The number of carbonyl (C=O) groups excluding carboxylic acids is 1. The highest BCUT2D eigenvalue weighted by Gasteiger charge is 2.48. The molecule has 1 aromatic carbocycles. The van der Waals surface area contributed by atoms with Gasteiger partial charge in [-0.15, -0.1) is 0 Å². The fourth-order valence-corrected chi connectivity index (χ4v) is 4.95. The Balaban J connectivity index is 2.40. The maximum Gasteiger partial charge on any atom is 0.243 e. The van der Waals surface area contributed by atoms with Crippen LogP contribution in [-0.4, -0.2) is 51.5 Å². The minimum atomic E-state index is -3.75. The number of ether oxygens (including phenoxy) is 2. The minimum Gasteiger partial charge on any atom is -0.497 e. The molecule has 8 heteroatoms. The Hall–Kier alpha value is -1.64. The van der Waals surface area contributed by atoms with Crippen LogP contribution in [0.4, 0.5) is 0 Å². The fourth-order valence-electron chi connectivity index (χ4n) is 3.13. The molecule has 2 rings (SSSR count). The van der Waals surface area contributed by atoms with Crippen LogP contribution in [0.15, 0.2) is 29.2 Å². The standard InChI is InChI=1S/C15H22N2O5S/c1-21-11-15(10-14(16)18)8-3-9-17(15)23(19,20)13-6-4-12(22-2)5-7-13/h4-7H,3,8-11H2,1-2H3,(H2,16,18). The van der Waals surface area contributed by atoms with E-state index in [1.165, 1.54) is 30.7 Å². The van der Waals surface area contributed by atoms with Crippen molar-refractivity contribution in [2.75, 3.05) is 27.4 Å². The molecule has 0 aromatic heterocycles. The Morgan fingerprint density at radius 3 is 2.48 bits per heavy atom. The van der Waals surface area contributed by atoms with Gasteiger partial charge in [0.25, 0.3) is 0 Å². The molecular formula is C15H22N2O5S. The first kappa shape index (κ1) is 17.7. The van der Waals surface area contributed by atoms with Gasteiger partial charge in [0.05, 0.1) is 24.2 Å². The summed E-state index contributed by atoms with van der Waals surface area (Å²) in [7, 11) is -0.749. The molecule has 1 saturated heterocycles. The maximum absolute atomic E-state index is 13.0. The molecule has 1 aromatic rings. The number of primary amides is 1. The van der Waals surface area contributed by atoms with Gasteiger partial charge in [-0.25, -0.2) is 8.42 Å². The van der Waals surface area contributed by atoms with Crippen molar-refractivity contribution in [1.29, 1.82) is 0 Å². The normalized spacial score (nSPS) is 22.2. The van der Waals surface area contributed by atoms with Gasteiger partial charge in [0.2, 0.25) is 15.9 Å². The first-order valence-corrected chi connectivity index (χ1v) is 8.74. The second kappa shape index (κ2) is 6.86. The second-order valence-electron chi connectivity index (χ2n) is 5.66. The summed E-state index contributed by atoms with van der Waals surface area (Å²) in [4.78, 5) is 11.6. The number of amides is 1. The van der Waals surface area contributed by atoms with E-state index in [2.05, 4.69) is 0 Å². The maximum atomic E-state index is 13.0. The third-order valence-corrected chi connectivity index (χ3v) is 6.11. The van der Waals surface area contributed by atoms with Crippen LogP contribution in [0.25, 0.3) is 0 Å². The van der Waals surface area contributed by atoms with Gasteiger partial charge in [-0.1, -0.05) is 0 Å². The number of benzene rings is 1. The Morgan fingerprint density at radius 1 is 1.30 bits per heavy atom. The van der Waals surface area contributed by atoms with Gasteiger partial charge in [-0.05, 0) is 37.1 Å². The fraction of sp³-hybridized carbons (Fsp3) is 0.533. The smallest absolute Gasteiger partial charge is 0.243 e. The van der Waals surface area contributed by atoms with Gasteiger partial charge in [-0.3, -0.25) is 4.79 Å². The lowest BCUT2D eigenvalue weighted by Gasteiger charge is -2.36. The SMILES string of the molecule is COCC1(CC(N)=O)CCCN1S(=O)(=O)c1ccc(OC)cc1. The van der Waals surface area contributed by atoms with Crippen LogP contribution in [0.3, 0.4) is 0 Å². The molecule has 7 nitrogen and oxygen atoms in total. The van der Waals surface area contributed by atoms with Crippen molar-refractivity contribution in [3.63, 3.8) is 0 Å². The van der Waals surface area contributed by atoms with Gasteiger partial charge in [0.1, 0.15) is 5.75 Å². The molecule has 1 aliphatic rings. The van der Waals surface area contributed by atoms with Crippen molar-refractivity contribution in [3.05, 3.63) is 24.3 Å². The number of methoxy groups -OCH3 is 2. The molecule has 1 atom stereocenters. The molecule has 0 bridgehead atoms. The van der Waals surface area contributed by atoms with Gasteiger partial charge in [0.15, 0.2) is 0 Å². The Morgan fingerprint density at radius 2 is 1.96 bits per heavy atom. The monoisotopic (exact) mass is 342 g/mol. The Bertz CT molecular complexity index is 659. The summed E-state index contributed by atoms with van der Waals surface area (Å²) < 4.78 is 37.6. The molecule has 0 radical (unpaired) electrons. The zero-order valence-electron chi connectivity index (χ0n) is 13.3. The van der Waals surface area contributed by atoms with Crippen LogP contribution in [0.2, 0.25) is 0 Å². The molecule has 128 valence electrons. The van der Waals surface area contributed by atoms with Crippen LogP contribution in [0.1, 0.15) is 19.3 Å². The highest BCUT2D eigenvalue weighted by molar-refractivity contribution is 7.89. The molecule has 23 heavy (non-hydrogen) atoms. The lowest BCUT2D eigenvalue weighted by Crippen LogP contribution is -2.52. The number of hydrogen-bond donors (Lipinski definition) is 1. The predicted molar refractivity (Wildman–Crippen MR) is 84.5 cm³/mol. The third kappa shape index (κ3) is 3.49. The van der Waals surface area contributed by atoms with Gasteiger partial charge < -0.3 is 15.2 Å². The Kier molecular flexibility index (Phi) is 5.28.